The van der Waals surface area contributed by atoms with Gasteiger partial charge in [0.25, 0.3) is 5.91 Å². The highest BCUT2D eigenvalue weighted by atomic mass is 16.1. The molecule has 2 aromatic rings. The van der Waals surface area contributed by atoms with Gasteiger partial charge in [-0.2, -0.15) is 0 Å². The van der Waals surface area contributed by atoms with Crippen molar-refractivity contribution >= 4 is 5.91 Å². The Morgan fingerprint density at radius 3 is 2.46 bits per heavy atom. The number of para-hydroxylation sites is 1. The molecule has 26 heavy (non-hydrogen) atoms. The average Bonchev–Trinajstić information content (AvgIpc) is 2.95. The molecule has 1 fully saturated rings. The fraction of sp³-hybridized carbons (Fsp3) is 0.476. The zero-order valence-electron chi connectivity index (χ0n) is 16.2. The predicted octanol–water partition coefficient (Wildman–Crippen LogP) is 2.46. The van der Waals surface area contributed by atoms with Gasteiger partial charge < -0.3 is 19.7 Å². The lowest BCUT2D eigenvalue weighted by Crippen LogP contribution is -2.45. The molecule has 1 aliphatic rings. The molecule has 1 aliphatic heterocycles. The summed E-state index contributed by atoms with van der Waals surface area (Å²) in [5, 5.41) is 3.09. The van der Waals surface area contributed by atoms with E-state index >= 15 is 0 Å². The summed E-state index contributed by atoms with van der Waals surface area (Å²) < 4.78 is 2.14. The van der Waals surface area contributed by atoms with Crippen LogP contribution in [-0.2, 0) is 0 Å². The van der Waals surface area contributed by atoms with Crippen molar-refractivity contribution in [2.45, 2.75) is 20.3 Å². The first kappa shape index (κ1) is 18.7. The number of aromatic nitrogens is 1. The number of nitrogens with zero attached hydrogens (tertiary/aromatic N) is 3. The number of piperazine rings is 1. The molecule has 0 saturated carbocycles. The van der Waals surface area contributed by atoms with Crippen LogP contribution in [0.2, 0.25) is 0 Å². The van der Waals surface area contributed by atoms with Gasteiger partial charge in [-0.05, 0) is 52.1 Å². The highest BCUT2D eigenvalue weighted by Gasteiger charge is 2.17. The molecule has 0 bridgehead atoms. The molecule has 3 rings (SSSR count). The quantitative estimate of drug-likeness (QED) is 0.810. The molecule has 0 radical (unpaired) electrons. The Hall–Kier alpha value is -2.11. The van der Waals surface area contributed by atoms with E-state index in [9.17, 15) is 4.79 Å². The maximum absolute atomic E-state index is 12.6. The van der Waals surface area contributed by atoms with E-state index in [0.29, 0.717) is 0 Å². The third-order valence-corrected chi connectivity index (χ3v) is 5.22. The summed E-state index contributed by atoms with van der Waals surface area (Å²) in [4.78, 5) is 17.5. The van der Waals surface area contributed by atoms with Crippen LogP contribution in [0, 0.1) is 13.8 Å². The number of nitrogens with one attached hydrogen (secondary N) is 1. The zero-order chi connectivity index (χ0) is 18.5. The van der Waals surface area contributed by atoms with Crippen molar-refractivity contribution in [3.05, 3.63) is 53.3 Å². The molecule has 0 aliphatic carbocycles. The zero-order valence-corrected chi connectivity index (χ0v) is 16.2. The minimum absolute atomic E-state index is 0.0265. The molecule has 1 aromatic heterocycles. The first-order valence-electron chi connectivity index (χ1n) is 9.49. The van der Waals surface area contributed by atoms with Gasteiger partial charge in [0.2, 0.25) is 0 Å². The monoisotopic (exact) mass is 354 g/mol. The molecular weight excluding hydrogens is 324 g/mol. The number of aryl methyl sites for hydroxylation is 1. The van der Waals surface area contributed by atoms with Crippen molar-refractivity contribution in [1.29, 1.82) is 0 Å². The van der Waals surface area contributed by atoms with Crippen LogP contribution in [0.4, 0.5) is 0 Å². The number of carbonyl (C=O) groups is 1. The van der Waals surface area contributed by atoms with Gasteiger partial charge in [-0.25, -0.2) is 0 Å². The molecule has 140 valence electrons. The molecule has 0 atom stereocenters. The van der Waals surface area contributed by atoms with Gasteiger partial charge >= 0.3 is 0 Å². The highest BCUT2D eigenvalue weighted by molar-refractivity contribution is 5.95. The van der Waals surface area contributed by atoms with Crippen LogP contribution in [0.1, 0.15) is 28.2 Å². The van der Waals surface area contributed by atoms with Gasteiger partial charge in [0.1, 0.15) is 0 Å². The number of carbonyl (C=O) groups excluding carboxylic acids is 1. The number of benzene rings is 1. The molecular formula is C21H30N4O. The second-order valence-corrected chi connectivity index (χ2v) is 7.21. The number of hydrogen-bond donors (Lipinski definition) is 1. The first-order chi connectivity index (χ1) is 12.6. The topological polar surface area (TPSA) is 40.5 Å². The fourth-order valence-electron chi connectivity index (χ4n) is 3.64. The van der Waals surface area contributed by atoms with E-state index in [4.69, 9.17) is 0 Å². The van der Waals surface area contributed by atoms with E-state index < -0.39 is 0 Å². The Labute approximate surface area is 156 Å². The van der Waals surface area contributed by atoms with Gasteiger partial charge in [0, 0.05) is 49.8 Å². The summed E-state index contributed by atoms with van der Waals surface area (Å²) in [7, 11) is 2.17. The van der Waals surface area contributed by atoms with E-state index in [2.05, 4.69) is 38.9 Å². The van der Waals surface area contributed by atoms with E-state index in [-0.39, 0.29) is 5.91 Å². The van der Waals surface area contributed by atoms with Crippen molar-refractivity contribution in [2.75, 3.05) is 46.3 Å². The van der Waals surface area contributed by atoms with Gasteiger partial charge in [-0.15, -0.1) is 0 Å². The Morgan fingerprint density at radius 2 is 1.77 bits per heavy atom. The van der Waals surface area contributed by atoms with Crippen molar-refractivity contribution in [3.63, 3.8) is 0 Å². The second-order valence-electron chi connectivity index (χ2n) is 7.21. The summed E-state index contributed by atoms with van der Waals surface area (Å²) in [5.41, 5.74) is 3.93. The van der Waals surface area contributed by atoms with Crippen LogP contribution in [0.3, 0.4) is 0 Å². The minimum Gasteiger partial charge on any atom is -0.352 e. The van der Waals surface area contributed by atoms with Gasteiger partial charge in [-0.1, -0.05) is 18.2 Å². The summed E-state index contributed by atoms with van der Waals surface area (Å²) in [6.07, 6.45) is 0.993. The minimum atomic E-state index is 0.0265. The summed E-state index contributed by atoms with van der Waals surface area (Å²) >= 11 is 0. The van der Waals surface area contributed by atoms with Crippen molar-refractivity contribution < 1.29 is 4.79 Å². The summed E-state index contributed by atoms with van der Waals surface area (Å²) in [6, 6.07) is 12.2. The Balaban J connectivity index is 1.54. The highest BCUT2D eigenvalue weighted by Crippen LogP contribution is 2.20. The number of hydrogen-bond acceptors (Lipinski definition) is 3. The van der Waals surface area contributed by atoms with Crippen LogP contribution < -0.4 is 5.32 Å². The third-order valence-electron chi connectivity index (χ3n) is 5.22. The van der Waals surface area contributed by atoms with Crippen LogP contribution in [0.5, 0.6) is 0 Å². The van der Waals surface area contributed by atoms with Crippen molar-refractivity contribution in [2.24, 2.45) is 0 Å². The van der Waals surface area contributed by atoms with E-state index in [1.54, 1.807) is 0 Å². The Morgan fingerprint density at radius 1 is 1.08 bits per heavy atom. The molecule has 0 unspecified atom stereocenters. The predicted molar refractivity (Wildman–Crippen MR) is 106 cm³/mol. The lowest BCUT2D eigenvalue weighted by Gasteiger charge is -2.32. The average molecular weight is 354 g/mol. The van der Waals surface area contributed by atoms with Crippen LogP contribution in [0.25, 0.3) is 5.69 Å². The maximum Gasteiger partial charge on any atom is 0.253 e. The summed E-state index contributed by atoms with van der Waals surface area (Å²) in [6.45, 7) is 10.4. The van der Waals surface area contributed by atoms with E-state index in [0.717, 1.165) is 68.3 Å². The Kier molecular flexibility index (Phi) is 6.12. The standard InChI is InChI=1S/C21H30N4O/c1-17-16-20(18(2)25(17)19-8-5-4-6-9-19)21(26)22-10-7-11-24-14-12-23(3)13-15-24/h4-6,8-9,16H,7,10-15H2,1-3H3,(H,22,26). The van der Waals surface area contributed by atoms with Crippen molar-refractivity contribution in [1.82, 2.24) is 19.7 Å². The van der Waals surface area contributed by atoms with Gasteiger partial charge in [0.15, 0.2) is 0 Å². The van der Waals surface area contributed by atoms with Gasteiger partial charge in [-0.3, -0.25) is 4.79 Å². The molecule has 2 heterocycles. The Bertz CT molecular complexity index is 730. The molecule has 1 aromatic carbocycles. The lowest BCUT2D eigenvalue weighted by atomic mass is 10.2. The molecule has 1 saturated heterocycles. The SMILES string of the molecule is Cc1cc(C(=O)NCCCN2CCN(C)CC2)c(C)n1-c1ccccc1. The number of likely N-dealkylation sites (N-methyl/N-ethyl adjacent to an activating group) is 1. The molecule has 1 N–H and O–H groups in total. The number of amides is 1. The molecule has 5 heteroatoms. The van der Waals surface area contributed by atoms with Gasteiger partial charge in [0.05, 0.1) is 5.56 Å². The van der Waals surface area contributed by atoms with Crippen LogP contribution >= 0.6 is 0 Å². The second kappa shape index (κ2) is 8.52. The third kappa shape index (κ3) is 4.34. The fourth-order valence-corrected chi connectivity index (χ4v) is 3.64. The van der Waals surface area contributed by atoms with E-state index in [1.807, 2.05) is 38.1 Å². The molecule has 5 nitrogen and oxygen atoms in total. The van der Waals surface area contributed by atoms with Crippen molar-refractivity contribution in [3.8, 4) is 5.69 Å². The normalized spacial score (nSPS) is 16.0. The molecule has 0 spiro atoms. The summed E-state index contributed by atoms with van der Waals surface area (Å²) in [5.74, 6) is 0.0265. The first-order valence-corrected chi connectivity index (χ1v) is 9.49. The molecule has 1 amide bonds. The maximum atomic E-state index is 12.6. The van der Waals surface area contributed by atoms with Crippen LogP contribution in [0.15, 0.2) is 36.4 Å². The lowest BCUT2D eigenvalue weighted by molar-refractivity contribution is 0.0949. The van der Waals surface area contributed by atoms with E-state index in [1.165, 1.54) is 0 Å². The number of rotatable bonds is 6. The largest absolute Gasteiger partial charge is 0.352 e. The smallest absolute Gasteiger partial charge is 0.253 e. The van der Waals surface area contributed by atoms with Crippen LogP contribution in [-0.4, -0.2) is 66.6 Å².